The summed E-state index contributed by atoms with van der Waals surface area (Å²) in [5.41, 5.74) is 0. The standard InChI is InChI=1S/C7H11NO4/c1-10-6-4(3-8)5(9)7(11-2)12-6/h4-7,9H,1-2H3/t4-,5-,6-,7-/m0/s1. The van der Waals surface area contributed by atoms with E-state index < -0.39 is 24.6 Å². The quantitative estimate of drug-likeness (QED) is 0.607. The third-order valence-electron chi connectivity index (χ3n) is 1.82. The maximum Gasteiger partial charge on any atom is 0.187 e. The van der Waals surface area contributed by atoms with Crippen LogP contribution in [-0.2, 0) is 14.2 Å². The van der Waals surface area contributed by atoms with Crippen molar-refractivity contribution in [3.63, 3.8) is 0 Å². The molecule has 5 nitrogen and oxygen atoms in total. The Kier molecular flexibility index (Phi) is 3.00. The zero-order chi connectivity index (χ0) is 9.14. The molecule has 1 fully saturated rings. The summed E-state index contributed by atoms with van der Waals surface area (Å²) in [6, 6.07) is 1.90. The molecule has 1 rings (SSSR count). The molecule has 0 bridgehead atoms. The molecule has 68 valence electrons. The van der Waals surface area contributed by atoms with Gasteiger partial charge in [-0.25, -0.2) is 0 Å². The van der Waals surface area contributed by atoms with Crippen LogP contribution < -0.4 is 0 Å². The molecule has 0 radical (unpaired) electrons. The lowest BCUT2D eigenvalue weighted by Crippen LogP contribution is -2.27. The van der Waals surface area contributed by atoms with Gasteiger partial charge in [-0.3, -0.25) is 0 Å². The minimum Gasteiger partial charge on any atom is -0.386 e. The van der Waals surface area contributed by atoms with E-state index in [9.17, 15) is 5.11 Å². The van der Waals surface area contributed by atoms with Gasteiger partial charge in [-0.15, -0.1) is 0 Å². The number of aliphatic hydroxyl groups excluding tert-OH is 1. The van der Waals surface area contributed by atoms with Crippen molar-refractivity contribution < 1.29 is 19.3 Å². The second-order valence-electron chi connectivity index (χ2n) is 2.49. The molecule has 1 N–H and O–H groups in total. The third kappa shape index (κ3) is 1.42. The van der Waals surface area contributed by atoms with Crippen LogP contribution in [0.4, 0.5) is 0 Å². The van der Waals surface area contributed by atoms with E-state index in [0.717, 1.165) is 0 Å². The van der Waals surface area contributed by atoms with Crippen LogP contribution in [-0.4, -0.2) is 38.0 Å². The van der Waals surface area contributed by atoms with E-state index in [4.69, 9.17) is 19.5 Å². The van der Waals surface area contributed by atoms with Gasteiger partial charge in [0.25, 0.3) is 0 Å². The van der Waals surface area contributed by atoms with E-state index in [1.165, 1.54) is 14.2 Å². The van der Waals surface area contributed by atoms with Crippen LogP contribution in [0.1, 0.15) is 0 Å². The molecule has 0 unspecified atom stereocenters. The van der Waals surface area contributed by atoms with E-state index in [0.29, 0.717) is 0 Å². The van der Waals surface area contributed by atoms with E-state index in [-0.39, 0.29) is 0 Å². The highest BCUT2D eigenvalue weighted by Gasteiger charge is 2.44. The monoisotopic (exact) mass is 173 g/mol. The summed E-state index contributed by atoms with van der Waals surface area (Å²) in [4.78, 5) is 0. The van der Waals surface area contributed by atoms with Crippen LogP contribution in [0.15, 0.2) is 0 Å². The van der Waals surface area contributed by atoms with Crippen molar-refractivity contribution in [1.82, 2.24) is 0 Å². The first-order valence-corrected chi connectivity index (χ1v) is 3.53. The van der Waals surface area contributed by atoms with Gasteiger partial charge in [-0.2, -0.15) is 5.26 Å². The van der Waals surface area contributed by atoms with E-state index in [1.807, 2.05) is 6.07 Å². The molecule has 1 saturated heterocycles. The van der Waals surface area contributed by atoms with Gasteiger partial charge in [-0.1, -0.05) is 0 Å². The third-order valence-corrected chi connectivity index (χ3v) is 1.82. The zero-order valence-electron chi connectivity index (χ0n) is 6.93. The molecule has 0 aromatic heterocycles. The van der Waals surface area contributed by atoms with Crippen LogP contribution in [0.2, 0.25) is 0 Å². The summed E-state index contributed by atoms with van der Waals surface area (Å²) in [5.74, 6) is -0.681. The average molecular weight is 173 g/mol. The summed E-state index contributed by atoms with van der Waals surface area (Å²) >= 11 is 0. The maximum atomic E-state index is 9.40. The Morgan fingerprint density at radius 3 is 2.25 bits per heavy atom. The van der Waals surface area contributed by atoms with Crippen molar-refractivity contribution in [2.75, 3.05) is 14.2 Å². The summed E-state index contributed by atoms with van der Waals surface area (Å²) in [7, 11) is 2.82. The Morgan fingerprint density at radius 2 is 1.92 bits per heavy atom. The molecule has 0 aromatic carbocycles. The predicted molar refractivity (Wildman–Crippen MR) is 37.8 cm³/mol. The van der Waals surface area contributed by atoms with Crippen LogP contribution in [0.3, 0.4) is 0 Å². The molecule has 12 heavy (non-hydrogen) atoms. The normalized spacial score (nSPS) is 41.2. The van der Waals surface area contributed by atoms with Crippen LogP contribution in [0.25, 0.3) is 0 Å². The Bertz CT molecular complexity index is 188. The van der Waals surface area contributed by atoms with Gasteiger partial charge in [0, 0.05) is 14.2 Å². The van der Waals surface area contributed by atoms with Crippen molar-refractivity contribution in [2.24, 2.45) is 5.92 Å². The first kappa shape index (κ1) is 9.42. The largest absolute Gasteiger partial charge is 0.386 e. The average Bonchev–Trinajstić information content (AvgIpc) is 2.41. The highest BCUT2D eigenvalue weighted by molar-refractivity contribution is 4.96. The number of hydrogen-bond donors (Lipinski definition) is 1. The van der Waals surface area contributed by atoms with Crippen LogP contribution >= 0.6 is 0 Å². The van der Waals surface area contributed by atoms with Gasteiger partial charge >= 0.3 is 0 Å². The maximum absolute atomic E-state index is 9.40. The second-order valence-corrected chi connectivity index (χ2v) is 2.49. The summed E-state index contributed by atoms with van der Waals surface area (Å²) in [6.45, 7) is 0. The molecule has 0 saturated carbocycles. The molecule has 1 aliphatic rings. The van der Waals surface area contributed by atoms with Crippen LogP contribution in [0, 0.1) is 17.2 Å². The summed E-state index contributed by atoms with van der Waals surface area (Å²) in [5, 5.41) is 18.0. The minimum atomic E-state index is -0.940. The molecular formula is C7H11NO4. The van der Waals surface area contributed by atoms with Crippen molar-refractivity contribution >= 4 is 0 Å². The number of nitriles is 1. The van der Waals surface area contributed by atoms with E-state index >= 15 is 0 Å². The lowest BCUT2D eigenvalue weighted by molar-refractivity contribution is -0.200. The fourth-order valence-corrected chi connectivity index (χ4v) is 1.16. The number of hydrogen-bond acceptors (Lipinski definition) is 5. The Balaban J connectivity index is 2.66. The summed E-state index contributed by atoms with van der Waals surface area (Å²) < 4.78 is 14.7. The molecule has 0 amide bonds. The highest BCUT2D eigenvalue weighted by atomic mass is 16.8. The minimum absolute atomic E-state index is 0.681. The topological polar surface area (TPSA) is 71.7 Å². The van der Waals surface area contributed by atoms with Crippen molar-refractivity contribution in [3.8, 4) is 6.07 Å². The fourth-order valence-electron chi connectivity index (χ4n) is 1.16. The first-order chi connectivity index (χ1) is 5.74. The van der Waals surface area contributed by atoms with E-state index in [2.05, 4.69) is 0 Å². The predicted octanol–water partition coefficient (Wildman–Crippen LogP) is -0.538. The van der Waals surface area contributed by atoms with Crippen LogP contribution in [0.5, 0.6) is 0 Å². The SMILES string of the molecule is CO[C@H]1O[C@H](OC)[C@@H](C#N)[C@@H]1O. The van der Waals surface area contributed by atoms with Gasteiger partial charge in [0.05, 0.1) is 6.07 Å². The molecule has 4 atom stereocenters. The number of methoxy groups -OCH3 is 2. The molecule has 1 heterocycles. The Labute approximate surface area is 70.5 Å². The van der Waals surface area contributed by atoms with Gasteiger partial charge in [0.1, 0.15) is 12.0 Å². The molecule has 5 heteroatoms. The van der Waals surface area contributed by atoms with Crippen molar-refractivity contribution in [2.45, 2.75) is 18.7 Å². The number of rotatable bonds is 2. The lowest BCUT2D eigenvalue weighted by atomic mass is 10.1. The smallest absolute Gasteiger partial charge is 0.187 e. The first-order valence-electron chi connectivity index (χ1n) is 3.53. The number of ether oxygens (including phenoxy) is 3. The number of aliphatic hydroxyl groups is 1. The van der Waals surface area contributed by atoms with Crippen molar-refractivity contribution in [1.29, 1.82) is 5.26 Å². The Hall–Kier alpha value is -0.670. The van der Waals surface area contributed by atoms with Gasteiger partial charge in [0.15, 0.2) is 12.6 Å². The molecule has 0 spiro atoms. The number of nitrogens with zero attached hydrogens (tertiary/aromatic N) is 1. The molecule has 1 aliphatic heterocycles. The van der Waals surface area contributed by atoms with E-state index in [1.54, 1.807) is 0 Å². The second kappa shape index (κ2) is 3.83. The fraction of sp³-hybridized carbons (Fsp3) is 0.857. The Morgan fingerprint density at radius 1 is 1.33 bits per heavy atom. The molecule has 0 aromatic rings. The van der Waals surface area contributed by atoms with Gasteiger partial charge in [0.2, 0.25) is 0 Å². The van der Waals surface area contributed by atoms with Crippen molar-refractivity contribution in [3.05, 3.63) is 0 Å². The molecule has 0 aliphatic carbocycles. The highest BCUT2D eigenvalue weighted by Crippen LogP contribution is 2.27. The zero-order valence-corrected chi connectivity index (χ0v) is 6.93. The molecular weight excluding hydrogens is 162 g/mol. The summed E-state index contributed by atoms with van der Waals surface area (Å²) in [6.07, 6.45) is -2.40. The van der Waals surface area contributed by atoms with Gasteiger partial charge in [-0.05, 0) is 0 Å². The lowest BCUT2D eigenvalue weighted by Gasteiger charge is -2.10. The van der Waals surface area contributed by atoms with Gasteiger partial charge < -0.3 is 19.3 Å².